The standard InChI is InChI=1S/C25H20F2N2O2/c26-22-14-23(27)24(28)13-16(22)7-5-6-12-29-25(30)31-15-21-19-10-3-1-8-17(19)18-9-2-4-11-20(18)21/h1-4,8-11,13-14,21H,6,12,15,28H2,(H,29,30). The van der Waals surface area contributed by atoms with Gasteiger partial charge in [0.2, 0.25) is 0 Å². The van der Waals surface area contributed by atoms with Crippen molar-refractivity contribution in [2.75, 3.05) is 18.9 Å². The fourth-order valence-electron chi connectivity index (χ4n) is 3.70. The molecule has 4 nitrogen and oxygen atoms in total. The van der Waals surface area contributed by atoms with Crippen molar-refractivity contribution in [3.8, 4) is 23.0 Å². The summed E-state index contributed by atoms with van der Waals surface area (Å²) in [5.74, 6) is 3.72. The fraction of sp³-hybridized carbons (Fsp3) is 0.160. The monoisotopic (exact) mass is 418 g/mol. The van der Waals surface area contributed by atoms with E-state index in [1.54, 1.807) is 0 Å². The largest absolute Gasteiger partial charge is 0.449 e. The van der Waals surface area contributed by atoms with Crippen LogP contribution in [0.4, 0.5) is 19.3 Å². The van der Waals surface area contributed by atoms with E-state index >= 15 is 0 Å². The molecular weight excluding hydrogens is 398 g/mol. The summed E-state index contributed by atoms with van der Waals surface area (Å²) in [7, 11) is 0. The second-order valence-corrected chi connectivity index (χ2v) is 7.16. The maximum Gasteiger partial charge on any atom is 0.407 e. The zero-order valence-corrected chi connectivity index (χ0v) is 16.6. The van der Waals surface area contributed by atoms with Gasteiger partial charge < -0.3 is 15.8 Å². The maximum atomic E-state index is 13.6. The number of fused-ring (bicyclic) bond motifs is 3. The highest BCUT2D eigenvalue weighted by atomic mass is 19.1. The summed E-state index contributed by atoms with van der Waals surface area (Å²) < 4.78 is 32.2. The Hall–Kier alpha value is -3.85. The average Bonchev–Trinajstić information content (AvgIpc) is 3.09. The van der Waals surface area contributed by atoms with Crippen LogP contribution in [0.25, 0.3) is 11.1 Å². The SMILES string of the molecule is Nc1cc(C#CCCNC(=O)OCC2c3ccccc3-c3ccccc32)c(F)cc1F. The van der Waals surface area contributed by atoms with Gasteiger partial charge in [0.15, 0.2) is 0 Å². The normalized spacial score (nSPS) is 11.8. The predicted molar refractivity (Wildman–Crippen MR) is 115 cm³/mol. The van der Waals surface area contributed by atoms with E-state index in [0.29, 0.717) is 6.07 Å². The first kappa shape index (κ1) is 20.4. The van der Waals surface area contributed by atoms with Crippen molar-refractivity contribution in [1.82, 2.24) is 5.32 Å². The summed E-state index contributed by atoms with van der Waals surface area (Å²) in [6, 6.07) is 18.1. The van der Waals surface area contributed by atoms with Crippen LogP contribution in [-0.2, 0) is 4.74 Å². The molecule has 0 heterocycles. The summed E-state index contributed by atoms with van der Waals surface area (Å²) in [6.45, 7) is 0.466. The smallest absolute Gasteiger partial charge is 0.407 e. The lowest BCUT2D eigenvalue weighted by Crippen LogP contribution is -2.26. The number of carbonyl (C=O) groups excluding carboxylic acids is 1. The van der Waals surface area contributed by atoms with Crippen LogP contribution in [0.5, 0.6) is 0 Å². The van der Waals surface area contributed by atoms with E-state index in [1.807, 2.05) is 24.3 Å². The minimum Gasteiger partial charge on any atom is -0.449 e. The minimum atomic E-state index is -0.819. The highest BCUT2D eigenvalue weighted by Gasteiger charge is 2.28. The molecule has 0 bridgehead atoms. The van der Waals surface area contributed by atoms with Crippen molar-refractivity contribution in [2.45, 2.75) is 12.3 Å². The van der Waals surface area contributed by atoms with Gasteiger partial charge in [-0.3, -0.25) is 0 Å². The molecule has 0 aromatic heterocycles. The number of alkyl carbamates (subject to hydrolysis) is 1. The Morgan fingerprint density at radius 3 is 2.32 bits per heavy atom. The van der Waals surface area contributed by atoms with E-state index in [0.717, 1.165) is 28.3 Å². The Labute approximate surface area is 179 Å². The molecule has 6 heteroatoms. The van der Waals surface area contributed by atoms with Gasteiger partial charge >= 0.3 is 6.09 Å². The number of nitrogens with one attached hydrogen (secondary N) is 1. The number of carbonyl (C=O) groups is 1. The number of ether oxygens (including phenoxy) is 1. The van der Waals surface area contributed by atoms with Crippen LogP contribution in [0, 0.1) is 23.5 Å². The van der Waals surface area contributed by atoms with Gasteiger partial charge in [-0.1, -0.05) is 60.4 Å². The molecular formula is C25H20F2N2O2. The molecule has 0 fully saturated rings. The lowest BCUT2D eigenvalue weighted by atomic mass is 9.98. The topological polar surface area (TPSA) is 64.3 Å². The first-order valence-corrected chi connectivity index (χ1v) is 9.87. The van der Waals surface area contributed by atoms with Crippen LogP contribution in [0.2, 0.25) is 0 Å². The molecule has 0 radical (unpaired) electrons. The molecule has 0 spiro atoms. The van der Waals surface area contributed by atoms with Gasteiger partial charge in [-0.05, 0) is 28.3 Å². The number of anilines is 1. The molecule has 0 saturated heterocycles. The van der Waals surface area contributed by atoms with Crippen LogP contribution < -0.4 is 11.1 Å². The summed E-state index contributed by atoms with van der Waals surface area (Å²) in [5, 5.41) is 2.63. The molecule has 0 saturated carbocycles. The second kappa shape index (κ2) is 8.88. The highest BCUT2D eigenvalue weighted by molar-refractivity contribution is 5.79. The van der Waals surface area contributed by atoms with Gasteiger partial charge in [0.1, 0.15) is 18.2 Å². The Morgan fingerprint density at radius 1 is 1.00 bits per heavy atom. The number of halogens is 2. The van der Waals surface area contributed by atoms with Crippen molar-refractivity contribution >= 4 is 11.8 Å². The number of rotatable bonds is 4. The maximum absolute atomic E-state index is 13.6. The third-order valence-corrected chi connectivity index (χ3v) is 5.17. The average molecular weight is 418 g/mol. The lowest BCUT2D eigenvalue weighted by molar-refractivity contribution is 0.143. The number of nitrogen functional groups attached to an aromatic ring is 1. The van der Waals surface area contributed by atoms with Gasteiger partial charge in [-0.25, -0.2) is 13.6 Å². The van der Waals surface area contributed by atoms with E-state index in [2.05, 4.69) is 41.4 Å². The van der Waals surface area contributed by atoms with Gasteiger partial charge in [0.25, 0.3) is 0 Å². The summed E-state index contributed by atoms with van der Waals surface area (Å²) >= 11 is 0. The van der Waals surface area contributed by atoms with Gasteiger partial charge in [-0.2, -0.15) is 0 Å². The summed E-state index contributed by atoms with van der Waals surface area (Å²) in [5.41, 5.74) is 9.88. The minimum absolute atomic E-state index is 0.00940. The first-order valence-electron chi connectivity index (χ1n) is 9.87. The van der Waals surface area contributed by atoms with E-state index in [1.165, 1.54) is 0 Å². The molecule has 3 aromatic rings. The third-order valence-electron chi connectivity index (χ3n) is 5.17. The third kappa shape index (κ3) is 4.36. The molecule has 1 aliphatic rings. The Morgan fingerprint density at radius 2 is 1.65 bits per heavy atom. The molecule has 4 rings (SSSR count). The Kier molecular flexibility index (Phi) is 5.85. The molecule has 3 N–H and O–H groups in total. The van der Waals surface area contributed by atoms with Crippen molar-refractivity contribution in [1.29, 1.82) is 0 Å². The quantitative estimate of drug-likeness (QED) is 0.363. The Bertz CT molecular complexity index is 1150. The molecule has 31 heavy (non-hydrogen) atoms. The van der Waals surface area contributed by atoms with E-state index in [-0.39, 0.29) is 36.7 Å². The van der Waals surface area contributed by atoms with E-state index in [4.69, 9.17) is 10.5 Å². The molecule has 1 amide bonds. The molecule has 0 aliphatic heterocycles. The zero-order chi connectivity index (χ0) is 21.8. The zero-order valence-electron chi connectivity index (χ0n) is 16.6. The number of nitrogens with two attached hydrogens (primary N) is 1. The van der Waals surface area contributed by atoms with Crippen LogP contribution in [-0.4, -0.2) is 19.2 Å². The van der Waals surface area contributed by atoms with Crippen molar-refractivity contribution in [3.05, 3.63) is 89.0 Å². The highest BCUT2D eigenvalue weighted by Crippen LogP contribution is 2.44. The molecule has 156 valence electrons. The second-order valence-electron chi connectivity index (χ2n) is 7.16. The van der Waals surface area contributed by atoms with E-state index in [9.17, 15) is 13.6 Å². The van der Waals surface area contributed by atoms with Gasteiger partial charge in [-0.15, -0.1) is 0 Å². The first-order chi connectivity index (χ1) is 15.0. The van der Waals surface area contributed by atoms with E-state index < -0.39 is 17.7 Å². The van der Waals surface area contributed by atoms with Crippen LogP contribution >= 0.6 is 0 Å². The van der Waals surface area contributed by atoms with Crippen LogP contribution in [0.1, 0.15) is 29.0 Å². The molecule has 0 unspecified atom stereocenters. The number of amides is 1. The number of benzene rings is 3. The molecule has 3 aromatic carbocycles. The van der Waals surface area contributed by atoms with Crippen molar-refractivity contribution < 1.29 is 18.3 Å². The number of hydrogen-bond donors (Lipinski definition) is 2. The summed E-state index contributed by atoms with van der Waals surface area (Å²) in [6.07, 6.45) is -0.262. The van der Waals surface area contributed by atoms with Crippen molar-refractivity contribution in [3.63, 3.8) is 0 Å². The molecule has 0 atom stereocenters. The van der Waals surface area contributed by atoms with Gasteiger partial charge in [0, 0.05) is 24.9 Å². The lowest BCUT2D eigenvalue weighted by Gasteiger charge is -2.14. The number of hydrogen-bond acceptors (Lipinski definition) is 3. The molecule has 1 aliphatic carbocycles. The predicted octanol–water partition coefficient (Wildman–Crippen LogP) is 4.83. The van der Waals surface area contributed by atoms with Gasteiger partial charge in [0.05, 0.1) is 11.3 Å². The Balaban J connectivity index is 1.30. The van der Waals surface area contributed by atoms with Crippen molar-refractivity contribution in [2.24, 2.45) is 0 Å². The van der Waals surface area contributed by atoms with Crippen LogP contribution in [0.3, 0.4) is 0 Å². The summed E-state index contributed by atoms with van der Waals surface area (Å²) in [4.78, 5) is 12.1. The fourth-order valence-corrected chi connectivity index (χ4v) is 3.70. The van der Waals surface area contributed by atoms with Crippen LogP contribution in [0.15, 0.2) is 60.7 Å².